The number of hydrogen-bond acceptors (Lipinski definition) is 3. The number of likely N-dealkylation sites (N-methyl/N-ethyl adjacent to an activating group) is 1. The molecule has 1 aliphatic rings. The maximum atomic E-state index is 11.9. The lowest BCUT2D eigenvalue weighted by Gasteiger charge is -2.31. The Morgan fingerprint density at radius 2 is 1.95 bits per heavy atom. The van der Waals surface area contributed by atoms with Crippen LogP contribution in [0.15, 0.2) is 30.3 Å². The Balaban J connectivity index is 1.71. The molecule has 0 radical (unpaired) electrons. The Morgan fingerprint density at radius 1 is 1.29 bits per heavy atom. The van der Waals surface area contributed by atoms with Gasteiger partial charge in [0.05, 0.1) is 0 Å². The SMILES string of the molecule is CN(CCNC(=O)C(O)c1ccccc1)C1CCCCC1. The zero-order chi connectivity index (χ0) is 15.1. The lowest BCUT2D eigenvalue weighted by atomic mass is 9.94. The number of nitrogens with zero attached hydrogens (tertiary/aromatic N) is 1. The molecule has 1 aromatic carbocycles. The topological polar surface area (TPSA) is 52.6 Å². The molecule has 1 aliphatic carbocycles. The van der Waals surface area contributed by atoms with E-state index in [9.17, 15) is 9.90 Å². The maximum Gasteiger partial charge on any atom is 0.253 e. The van der Waals surface area contributed by atoms with Gasteiger partial charge in [-0.25, -0.2) is 0 Å². The van der Waals surface area contributed by atoms with Gasteiger partial charge >= 0.3 is 0 Å². The molecule has 1 fully saturated rings. The summed E-state index contributed by atoms with van der Waals surface area (Å²) in [7, 11) is 2.12. The first-order chi connectivity index (χ1) is 10.2. The number of carbonyl (C=O) groups is 1. The van der Waals surface area contributed by atoms with Gasteiger partial charge in [0.2, 0.25) is 0 Å². The number of hydrogen-bond donors (Lipinski definition) is 2. The van der Waals surface area contributed by atoms with Crippen LogP contribution < -0.4 is 5.32 Å². The molecular weight excluding hydrogens is 264 g/mol. The third kappa shape index (κ3) is 4.83. The van der Waals surface area contributed by atoms with Gasteiger partial charge in [0.25, 0.3) is 5.91 Å². The highest BCUT2D eigenvalue weighted by molar-refractivity contribution is 5.81. The molecule has 1 atom stereocenters. The second-order valence-corrected chi connectivity index (χ2v) is 5.88. The number of amides is 1. The smallest absolute Gasteiger partial charge is 0.253 e. The van der Waals surface area contributed by atoms with Gasteiger partial charge in [-0.15, -0.1) is 0 Å². The van der Waals surface area contributed by atoms with Gasteiger partial charge in [-0.05, 0) is 25.5 Å². The molecule has 4 nitrogen and oxygen atoms in total. The van der Waals surface area contributed by atoms with Crippen LogP contribution in [0.3, 0.4) is 0 Å². The van der Waals surface area contributed by atoms with E-state index in [-0.39, 0.29) is 5.91 Å². The van der Waals surface area contributed by atoms with Gasteiger partial charge in [-0.3, -0.25) is 4.79 Å². The number of aliphatic hydroxyl groups is 1. The van der Waals surface area contributed by atoms with E-state index in [1.54, 1.807) is 12.1 Å². The molecule has 0 bridgehead atoms. The number of benzene rings is 1. The van der Waals surface area contributed by atoms with E-state index in [1.165, 1.54) is 32.1 Å². The van der Waals surface area contributed by atoms with Crippen LogP contribution in [0.5, 0.6) is 0 Å². The quantitative estimate of drug-likeness (QED) is 0.843. The molecule has 0 saturated heterocycles. The minimum absolute atomic E-state index is 0.321. The van der Waals surface area contributed by atoms with Crippen molar-refractivity contribution >= 4 is 5.91 Å². The average molecular weight is 290 g/mol. The molecule has 1 unspecified atom stereocenters. The molecule has 2 N–H and O–H groups in total. The van der Waals surface area contributed by atoms with Crippen molar-refractivity contribution < 1.29 is 9.90 Å². The number of aliphatic hydroxyl groups excluding tert-OH is 1. The molecule has 0 aliphatic heterocycles. The van der Waals surface area contributed by atoms with Gasteiger partial charge in [0.15, 0.2) is 6.10 Å². The van der Waals surface area contributed by atoms with Crippen LogP contribution in [-0.4, -0.2) is 42.1 Å². The Labute approximate surface area is 127 Å². The van der Waals surface area contributed by atoms with Crippen molar-refractivity contribution in [1.29, 1.82) is 0 Å². The highest BCUT2D eigenvalue weighted by Crippen LogP contribution is 2.21. The van der Waals surface area contributed by atoms with Crippen LogP contribution in [0.25, 0.3) is 0 Å². The highest BCUT2D eigenvalue weighted by atomic mass is 16.3. The van der Waals surface area contributed by atoms with Crippen molar-refractivity contribution in [2.45, 2.75) is 44.2 Å². The summed E-state index contributed by atoms with van der Waals surface area (Å²) in [4.78, 5) is 14.2. The van der Waals surface area contributed by atoms with Gasteiger partial charge in [0, 0.05) is 19.1 Å². The summed E-state index contributed by atoms with van der Waals surface area (Å²) in [6.45, 7) is 1.41. The summed E-state index contributed by atoms with van der Waals surface area (Å²) in [5.41, 5.74) is 0.635. The summed E-state index contributed by atoms with van der Waals surface area (Å²) >= 11 is 0. The third-order valence-corrected chi connectivity index (χ3v) is 4.33. The Hall–Kier alpha value is -1.39. The average Bonchev–Trinajstić information content (AvgIpc) is 2.55. The summed E-state index contributed by atoms with van der Waals surface area (Å²) in [6.07, 6.45) is 5.42. The zero-order valence-corrected chi connectivity index (χ0v) is 12.8. The van der Waals surface area contributed by atoms with E-state index < -0.39 is 6.10 Å². The molecular formula is C17H26N2O2. The zero-order valence-electron chi connectivity index (χ0n) is 12.8. The fourth-order valence-electron chi connectivity index (χ4n) is 2.94. The Kier molecular flexibility index (Phi) is 6.21. The van der Waals surface area contributed by atoms with Crippen molar-refractivity contribution in [3.63, 3.8) is 0 Å². The minimum Gasteiger partial charge on any atom is -0.378 e. The fourth-order valence-corrected chi connectivity index (χ4v) is 2.94. The van der Waals surface area contributed by atoms with Crippen LogP contribution in [0, 0.1) is 0 Å². The van der Waals surface area contributed by atoms with Crippen LogP contribution in [-0.2, 0) is 4.79 Å². The molecule has 116 valence electrons. The van der Waals surface area contributed by atoms with Gasteiger partial charge in [0.1, 0.15) is 0 Å². The van der Waals surface area contributed by atoms with Crippen LogP contribution in [0.1, 0.15) is 43.8 Å². The summed E-state index contributed by atoms with van der Waals surface area (Å²) in [5, 5.41) is 12.8. The summed E-state index contributed by atoms with van der Waals surface area (Å²) in [6, 6.07) is 9.69. The molecule has 4 heteroatoms. The van der Waals surface area contributed by atoms with Crippen molar-refractivity contribution in [3.05, 3.63) is 35.9 Å². The van der Waals surface area contributed by atoms with Crippen molar-refractivity contribution in [3.8, 4) is 0 Å². The normalized spacial score (nSPS) is 17.7. The monoisotopic (exact) mass is 290 g/mol. The van der Waals surface area contributed by atoms with E-state index in [1.807, 2.05) is 18.2 Å². The predicted octanol–water partition coefficient (Wildman–Crippen LogP) is 2.10. The molecule has 0 spiro atoms. The summed E-state index contributed by atoms with van der Waals surface area (Å²) in [5.74, 6) is -0.321. The maximum absolute atomic E-state index is 11.9. The molecule has 0 aromatic heterocycles. The lowest BCUT2D eigenvalue weighted by Crippen LogP contribution is -2.40. The lowest BCUT2D eigenvalue weighted by molar-refractivity contribution is -0.129. The first-order valence-electron chi connectivity index (χ1n) is 7.89. The van der Waals surface area contributed by atoms with E-state index in [0.29, 0.717) is 18.2 Å². The van der Waals surface area contributed by atoms with Crippen molar-refractivity contribution in [2.24, 2.45) is 0 Å². The highest BCUT2D eigenvalue weighted by Gasteiger charge is 2.19. The second-order valence-electron chi connectivity index (χ2n) is 5.88. The second kappa shape index (κ2) is 8.15. The van der Waals surface area contributed by atoms with E-state index in [0.717, 1.165) is 6.54 Å². The van der Waals surface area contributed by atoms with Gasteiger partial charge in [-0.2, -0.15) is 0 Å². The van der Waals surface area contributed by atoms with Crippen LogP contribution in [0.2, 0.25) is 0 Å². The number of carbonyl (C=O) groups excluding carboxylic acids is 1. The van der Waals surface area contributed by atoms with Crippen molar-refractivity contribution in [2.75, 3.05) is 20.1 Å². The molecule has 21 heavy (non-hydrogen) atoms. The van der Waals surface area contributed by atoms with Gasteiger partial charge in [-0.1, -0.05) is 49.6 Å². The molecule has 2 rings (SSSR count). The predicted molar refractivity (Wildman–Crippen MR) is 83.9 cm³/mol. The number of rotatable bonds is 6. The number of nitrogens with one attached hydrogen (secondary N) is 1. The fraction of sp³-hybridized carbons (Fsp3) is 0.588. The van der Waals surface area contributed by atoms with Crippen LogP contribution >= 0.6 is 0 Å². The van der Waals surface area contributed by atoms with E-state index in [4.69, 9.17) is 0 Å². The molecule has 0 heterocycles. The van der Waals surface area contributed by atoms with Crippen molar-refractivity contribution in [1.82, 2.24) is 10.2 Å². The van der Waals surface area contributed by atoms with Gasteiger partial charge < -0.3 is 15.3 Å². The molecule has 1 amide bonds. The molecule has 1 saturated carbocycles. The van der Waals surface area contributed by atoms with E-state index in [2.05, 4.69) is 17.3 Å². The standard InChI is InChI=1S/C17H26N2O2/c1-19(15-10-6-3-7-11-15)13-12-18-17(21)16(20)14-8-4-2-5-9-14/h2,4-5,8-9,15-16,20H,3,6-7,10-13H2,1H3,(H,18,21). The summed E-state index contributed by atoms with van der Waals surface area (Å²) < 4.78 is 0. The van der Waals surface area contributed by atoms with Crippen LogP contribution in [0.4, 0.5) is 0 Å². The third-order valence-electron chi connectivity index (χ3n) is 4.33. The molecule has 1 aromatic rings. The first-order valence-corrected chi connectivity index (χ1v) is 7.89. The largest absolute Gasteiger partial charge is 0.378 e. The van der Waals surface area contributed by atoms with E-state index >= 15 is 0 Å². The Morgan fingerprint density at radius 3 is 2.62 bits per heavy atom. The minimum atomic E-state index is -1.08. The Bertz CT molecular complexity index is 430. The first kappa shape index (κ1) is 16.0.